The summed E-state index contributed by atoms with van der Waals surface area (Å²) >= 11 is 0. The molecule has 154 valence electrons. The molecule has 1 N–H and O–H groups in total. The van der Waals surface area contributed by atoms with Crippen LogP contribution in [0.1, 0.15) is 44.2 Å². The van der Waals surface area contributed by atoms with Gasteiger partial charge in [-0.1, -0.05) is 81.4 Å². The summed E-state index contributed by atoms with van der Waals surface area (Å²) in [7, 11) is 0. The highest BCUT2D eigenvalue weighted by atomic mass is 16.6. The lowest BCUT2D eigenvalue weighted by molar-refractivity contribution is -0.135. The Morgan fingerprint density at radius 3 is 2.28 bits per heavy atom. The molecule has 0 spiro atoms. The molecule has 1 aliphatic heterocycles. The molecule has 0 aliphatic carbocycles. The molecule has 2 aromatic carbocycles. The molecule has 5 nitrogen and oxygen atoms in total. The lowest BCUT2D eigenvalue weighted by atomic mass is 9.84. The Hall–Kier alpha value is -2.66. The Bertz CT molecular complexity index is 829. The molecule has 1 aliphatic rings. The molecule has 0 saturated carbocycles. The van der Waals surface area contributed by atoms with Crippen LogP contribution in [0.5, 0.6) is 0 Å². The number of aryl methyl sites for hydroxylation is 1. The first-order chi connectivity index (χ1) is 13.8. The third-order valence-corrected chi connectivity index (χ3v) is 5.49. The molecular weight excluding hydrogens is 366 g/mol. The van der Waals surface area contributed by atoms with E-state index in [1.165, 1.54) is 4.90 Å². The lowest BCUT2D eigenvalue weighted by Gasteiger charge is -2.34. The summed E-state index contributed by atoms with van der Waals surface area (Å²) in [6.45, 7) is 6.10. The van der Waals surface area contributed by atoms with Crippen molar-refractivity contribution in [2.24, 2.45) is 5.41 Å². The summed E-state index contributed by atoms with van der Waals surface area (Å²) in [5.41, 5.74) is 1.47. The van der Waals surface area contributed by atoms with Gasteiger partial charge in [0.25, 0.3) is 0 Å². The maximum Gasteiger partial charge on any atom is 0.417 e. The van der Waals surface area contributed by atoms with Crippen LogP contribution in [-0.2, 0) is 16.0 Å². The zero-order valence-corrected chi connectivity index (χ0v) is 17.2. The van der Waals surface area contributed by atoms with Crippen LogP contribution in [0.15, 0.2) is 60.7 Å². The number of carbonyl (C=O) groups is 2. The Balaban J connectivity index is 1.87. The standard InChI is InChI=1S/C24H29NO4/c1-24(2,3)20-16-29-23(28)25(20)22(27)21(18-12-8-5-9-13-18)19(26)15-14-17-10-6-4-7-11-17/h4-13,19-21,26H,14-16H2,1-3H3/t19-,20-,21-/m1/s1. The zero-order chi connectivity index (χ0) is 21.0. The molecule has 2 amide bonds. The Labute approximate surface area is 172 Å². The fraction of sp³-hybridized carbons (Fsp3) is 0.417. The Morgan fingerprint density at radius 1 is 1.10 bits per heavy atom. The SMILES string of the molecule is CC(C)(C)[C@H]1COC(=O)N1C(=O)[C@H](c1ccccc1)[C@H](O)CCc1ccccc1. The van der Waals surface area contributed by atoms with Crippen LogP contribution < -0.4 is 0 Å². The van der Waals surface area contributed by atoms with Crippen LogP contribution in [0.25, 0.3) is 0 Å². The quantitative estimate of drug-likeness (QED) is 0.798. The van der Waals surface area contributed by atoms with E-state index in [-0.39, 0.29) is 18.1 Å². The minimum Gasteiger partial charge on any atom is -0.447 e. The summed E-state index contributed by atoms with van der Waals surface area (Å²) in [6, 6.07) is 18.7. The zero-order valence-electron chi connectivity index (χ0n) is 17.2. The van der Waals surface area contributed by atoms with Crippen molar-refractivity contribution in [3.05, 3.63) is 71.8 Å². The minimum atomic E-state index is -0.917. The molecule has 3 atom stereocenters. The molecule has 0 bridgehead atoms. The van der Waals surface area contributed by atoms with Gasteiger partial charge in [-0.2, -0.15) is 0 Å². The second-order valence-corrected chi connectivity index (χ2v) is 8.65. The maximum atomic E-state index is 13.5. The van der Waals surface area contributed by atoms with E-state index in [1.807, 2.05) is 81.4 Å². The molecule has 0 radical (unpaired) electrons. The van der Waals surface area contributed by atoms with Gasteiger partial charge < -0.3 is 9.84 Å². The third kappa shape index (κ3) is 4.85. The highest BCUT2D eigenvalue weighted by Crippen LogP contribution is 2.34. The molecule has 2 aromatic rings. The molecule has 1 heterocycles. The van der Waals surface area contributed by atoms with Gasteiger partial charge in [0.15, 0.2) is 0 Å². The van der Waals surface area contributed by atoms with Crippen molar-refractivity contribution in [1.29, 1.82) is 0 Å². The first-order valence-electron chi connectivity index (χ1n) is 10.1. The highest BCUT2D eigenvalue weighted by molar-refractivity contribution is 5.97. The molecular formula is C24H29NO4. The van der Waals surface area contributed by atoms with E-state index < -0.39 is 24.0 Å². The third-order valence-electron chi connectivity index (χ3n) is 5.49. The van der Waals surface area contributed by atoms with Crippen molar-refractivity contribution in [3.8, 4) is 0 Å². The predicted octanol–water partition coefficient (Wildman–Crippen LogP) is 4.16. The van der Waals surface area contributed by atoms with E-state index in [9.17, 15) is 14.7 Å². The van der Waals surface area contributed by atoms with Gasteiger partial charge in [-0.25, -0.2) is 9.69 Å². The van der Waals surface area contributed by atoms with Gasteiger partial charge in [0.1, 0.15) is 6.61 Å². The minimum absolute atomic E-state index is 0.176. The van der Waals surface area contributed by atoms with Gasteiger partial charge >= 0.3 is 6.09 Å². The van der Waals surface area contributed by atoms with Gasteiger partial charge in [0.05, 0.1) is 18.1 Å². The van der Waals surface area contributed by atoms with Gasteiger partial charge in [0.2, 0.25) is 5.91 Å². The van der Waals surface area contributed by atoms with Crippen molar-refractivity contribution >= 4 is 12.0 Å². The van der Waals surface area contributed by atoms with Crippen molar-refractivity contribution in [3.63, 3.8) is 0 Å². The number of aliphatic hydroxyl groups is 1. The highest BCUT2D eigenvalue weighted by Gasteiger charge is 2.47. The predicted molar refractivity (Wildman–Crippen MR) is 111 cm³/mol. The summed E-state index contributed by atoms with van der Waals surface area (Å²) in [4.78, 5) is 27.2. The van der Waals surface area contributed by atoms with E-state index in [4.69, 9.17) is 4.74 Å². The largest absolute Gasteiger partial charge is 0.447 e. The van der Waals surface area contributed by atoms with Gasteiger partial charge in [-0.15, -0.1) is 0 Å². The number of hydrogen-bond donors (Lipinski definition) is 1. The molecule has 5 heteroatoms. The smallest absolute Gasteiger partial charge is 0.417 e. The van der Waals surface area contributed by atoms with Gasteiger partial charge in [-0.3, -0.25) is 4.79 Å². The van der Waals surface area contributed by atoms with E-state index in [1.54, 1.807) is 0 Å². The number of benzene rings is 2. The number of imide groups is 1. The van der Waals surface area contributed by atoms with Gasteiger partial charge in [-0.05, 0) is 29.4 Å². The monoisotopic (exact) mass is 395 g/mol. The second kappa shape index (κ2) is 8.78. The summed E-state index contributed by atoms with van der Waals surface area (Å²) in [5.74, 6) is -1.23. The summed E-state index contributed by atoms with van der Waals surface area (Å²) < 4.78 is 5.21. The number of hydrogen-bond acceptors (Lipinski definition) is 4. The number of aliphatic hydroxyl groups excluding tert-OH is 1. The molecule has 1 saturated heterocycles. The summed E-state index contributed by atoms with van der Waals surface area (Å²) in [6.07, 6.45) is -0.491. The molecule has 29 heavy (non-hydrogen) atoms. The molecule has 1 fully saturated rings. The van der Waals surface area contributed by atoms with E-state index >= 15 is 0 Å². The average Bonchev–Trinajstić information content (AvgIpc) is 3.10. The maximum absolute atomic E-state index is 13.5. The number of cyclic esters (lactones) is 1. The van der Waals surface area contributed by atoms with Crippen LogP contribution in [0.3, 0.4) is 0 Å². The number of ether oxygens (including phenoxy) is 1. The first kappa shape index (κ1) is 21.1. The summed E-state index contributed by atoms with van der Waals surface area (Å²) in [5, 5.41) is 11.0. The van der Waals surface area contributed by atoms with Crippen molar-refractivity contribution in [2.45, 2.75) is 51.7 Å². The fourth-order valence-corrected chi connectivity index (χ4v) is 3.77. The van der Waals surface area contributed by atoms with Crippen molar-refractivity contribution in [2.75, 3.05) is 6.61 Å². The average molecular weight is 395 g/mol. The Kier molecular flexibility index (Phi) is 6.38. The lowest BCUT2D eigenvalue weighted by Crippen LogP contribution is -2.49. The number of rotatable bonds is 6. The fourth-order valence-electron chi connectivity index (χ4n) is 3.77. The number of nitrogens with zero attached hydrogens (tertiary/aromatic N) is 1. The molecule has 0 aromatic heterocycles. The second-order valence-electron chi connectivity index (χ2n) is 8.65. The Morgan fingerprint density at radius 2 is 1.69 bits per heavy atom. The van der Waals surface area contributed by atoms with Crippen LogP contribution in [0.2, 0.25) is 0 Å². The van der Waals surface area contributed by atoms with E-state index in [0.717, 1.165) is 5.56 Å². The van der Waals surface area contributed by atoms with Crippen molar-refractivity contribution < 1.29 is 19.4 Å². The number of amides is 2. The van der Waals surface area contributed by atoms with Gasteiger partial charge in [0, 0.05) is 0 Å². The number of carbonyl (C=O) groups excluding carboxylic acids is 2. The topological polar surface area (TPSA) is 66.8 Å². The van der Waals surface area contributed by atoms with Crippen LogP contribution >= 0.6 is 0 Å². The normalized spacial score (nSPS) is 19.0. The van der Waals surface area contributed by atoms with Crippen LogP contribution in [-0.4, -0.2) is 40.8 Å². The molecule has 3 rings (SSSR count). The van der Waals surface area contributed by atoms with Crippen molar-refractivity contribution in [1.82, 2.24) is 4.90 Å². The van der Waals surface area contributed by atoms with E-state index in [0.29, 0.717) is 18.4 Å². The van der Waals surface area contributed by atoms with Crippen LogP contribution in [0, 0.1) is 5.41 Å². The molecule has 0 unspecified atom stereocenters. The van der Waals surface area contributed by atoms with E-state index in [2.05, 4.69) is 0 Å². The van der Waals surface area contributed by atoms with Crippen LogP contribution in [0.4, 0.5) is 4.79 Å². The first-order valence-corrected chi connectivity index (χ1v) is 10.1.